The molecule has 0 fully saturated rings. The molecule has 0 saturated carbocycles. The first-order chi connectivity index (χ1) is 13.3. The number of halogens is 1. The summed E-state index contributed by atoms with van der Waals surface area (Å²) in [7, 11) is -3.22. The molecule has 0 aromatic carbocycles. The lowest BCUT2D eigenvalue weighted by molar-refractivity contribution is -0.0703. The summed E-state index contributed by atoms with van der Waals surface area (Å²) in [5.74, 6) is 3.25. The summed E-state index contributed by atoms with van der Waals surface area (Å²) in [6.45, 7) is 20.6. The maximum absolute atomic E-state index is 6.85. The van der Waals surface area contributed by atoms with Gasteiger partial charge in [-0.15, -0.1) is 5.54 Å². The van der Waals surface area contributed by atoms with Gasteiger partial charge in [0.2, 0.25) is 0 Å². The Morgan fingerprint density at radius 2 is 1.79 bits per heavy atom. The van der Waals surface area contributed by atoms with Gasteiger partial charge in [0.1, 0.15) is 8.07 Å². The van der Waals surface area contributed by atoms with E-state index in [-0.39, 0.29) is 23.4 Å². The van der Waals surface area contributed by atoms with Gasteiger partial charge in [0.05, 0.1) is 18.3 Å². The molecule has 0 radical (unpaired) electrons. The molecular formula is C24H43BrO2Si2. The molecule has 0 unspecified atom stereocenters. The summed E-state index contributed by atoms with van der Waals surface area (Å²) in [6, 6.07) is 0. The summed E-state index contributed by atoms with van der Waals surface area (Å²) in [5, 5.41) is 0.184. The highest BCUT2D eigenvalue weighted by Gasteiger charge is 2.41. The lowest BCUT2D eigenvalue weighted by Crippen LogP contribution is -2.48. The van der Waals surface area contributed by atoms with Gasteiger partial charge in [0.25, 0.3) is 0 Å². The monoisotopic (exact) mass is 498 g/mol. The van der Waals surface area contributed by atoms with Crippen LogP contribution in [0.1, 0.15) is 53.4 Å². The van der Waals surface area contributed by atoms with Crippen molar-refractivity contribution in [2.24, 2.45) is 0 Å². The van der Waals surface area contributed by atoms with Gasteiger partial charge >= 0.3 is 0 Å². The van der Waals surface area contributed by atoms with E-state index in [0.717, 1.165) is 25.7 Å². The standard InChI is InChI=1S/C24H43BrO2Si2/c1-10-20(25)21-16-13-14-18-23(27-29(8,9)24(2,3)4)22(26-21)17-12-11-15-19-28(5,6)7/h11-14,20-23H,10,16-18H2,1-9H3/b12-11-,14-13-/t20-,21+,22-,23-/m0/s1. The van der Waals surface area contributed by atoms with Crippen LogP contribution in [-0.4, -0.2) is 39.5 Å². The van der Waals surface area contributed by atoms with Crippen LogP contribution in [0.25, 0.3) is 0 Å². The molecule has 1 rings (SSSR count). The van der Waals surface area contributed by atoms with Crippen LogP contribution < -0.4 is 0 Å². The summed E-state index contributed by atoms with van der Waals surface area (Å²) in [5.41, 5.74) is 3.41. The van der Waals surface area contributed by atoms with E-state index in [9.17, 15) is 0 Å². The van der Waals surface area contributed by atoms with Crippen LogP contribution in [0.5, 0.6) is 0 Å². The molecular weight excluding hydrogens is 456 g/mol. The van der Waals surface area contributed by atoms with Crippen LogP contribution in [0.4, 0.5) is 0 Å². The lowest BCUT2D eigenvalue weighted by atomic mass is 10.0. The molecule has 4 atom stereocenters. The molecule has 0 saturated heterocycles. The lowest BCUT2D eigenvalue weighted by Gasteiger charge is -2.42. The summed E-state index contributed by atoms with van der Waals surface area (Å²) in [4.78, 5) is 0.358. The Morgan fingerprint density at radius 1 is 1.17 bits per heavy atom. The van der Waals surface area contributed by atoms with Gasteiger partial charge in [-0.3, -0.25) is 0 Å². The molecule has 0 spiro atoms. The van der Waals surface area contributed by atoms with Gasteiger partial charge < -0.3 is 9.16 Å². The second kappa shape index (κ2) is 11.5. The maximum Gasteiger partial charge on any atom is 0.192 e. The van der Waals surface area contributed by atoms with E-state index in [1.54, 1.807) is 0 Å². The third-order valence-corrected chi connectivity index (χ3v) is 12.4. The van der Waals surface area contributed by atoms with Crippen molar-refractivity contribution in [2.45, 2.75) is 114 Å². The first-order valence-electron chi connectivity index (χ1n) is 11.1. The molecule has 29 heavy (non-hydrogen) atoms. The summed E-state index contributed by atoms with van der Waals surface area (Å²) in [6.07, 6.45) is 12.8. The topological polar surface area (TPSA) is 18.5 Å². The molecule has 5 heteroatoms. The Kier molecular flexibility index (Phi) is 10.7. The van der Waals surface area contributed by atoms with E-state index in [0.29, 0.717) is 4.83 Å². The van der Waals surface area contributed by atoms with Crippen molar-refractivity contribution in [3.63, 3.8) is 0 Å². The number of hydrogen-bond donors (Lipinski definition) is 0. The van der Waals surface area contributed by atoms with Gasteiger partial charge in [-0.05, 0) is 49.9 Å². The van der Waals surface area contributed by atoms with Crippen LogP contribution in [0.3, 0.4) is 0 Å². The number of alkyl halides is 1. The van der Waals surface area contributed by atoms with E-state index < -0.39 is 16.4 Å². The number of rotatable bonds is 6. The molecule has 0 N–H and O–H groups in total. The molecule has 0 amide bonds. The van der Waals surface area contributed by atoms with Crippen molar-refractivity contribution in [3.8, 4) is 11.5 Å². The first-order valence-corrected chi connectivity index (χ1v) is 18.4. The molecule has 0 aliphatic carbocycles. The Morgan fingerprint density at radius 3 is 2.34 bits per heavy atom. The maximum atomic E-state index is 6.85. The first kappa shape index (κ1) is 26.9. The Bertz CT molecular complexity index is 618. The number of ether oxygens (including phenoxy) is 1. The Labute approximate surface area is 191 Å². The minimum absolute atomic E-state index is 0.0515. The zero-order chi connectivity index (χ0) is 22.3. The fourth-order valence-electron chi connectivity index (χ4n) is 2.88. The predicted molar refractivity (Wildman–Crippen MR) is 137 cm³/mol. The molecule has 0 bridgehead atoms. The van der Waals surface area contributed by atoms with E-state index >= 15 is 0 Å². The van der Waals surface area contributed by atoms with Crippen molar-refractivity contribution < 1.29 is 9.16 Å². The van der Waals surface area contributed by atoms with Crippen LogP contribution in [0.15, 0.2) is 24.3 Å². The van der Waals surface area contributed by atoms with Crippen molar-refractivity contribution in [2.75, 3.05) is 0 Å². The fraction of sp³-hybridized carbons (Fsp3) is 0.750. The minimum atomic E-state index is -1.88. The van der Waals surface area contributed by atoms with Crippen molar-refractivity contribution in [1.82, 2.24) is 0 Å². The minimum Gasteiger partial charge on any atom is -0.411 e. The third-order valence-electron chi connectivity index (χ3n) is 5.73. The van der Waals surface area contributed by atoms with Crippen LogP contribution in [-0.2, 0) is 9.16 Å². The SMILES string of the molecule is CC[C@H](Br)[C@H]1C/C=C\C[C@H](O[Si](C)(C)C(C)(C)C)[C@H](C/C=C\C#C[Si](C)(C)C)O1. The molecule has 1 aliphatic heterocycles. The largest absolute Gasteiger partial charge is 0.411 e. The normalized spacial score (nSPS) is 26.3. The fourth-order valence-corrected chi connectivity index (χ4v) is 5.10. The van der Waals surface area contributed by atoms with Crippen LogP contribution in [0.2, 0.25) is 37.8 Å². The quantitative estimate of drug-likeness (QED) is 0.163. The van der Waals surface area contributed by atoms with Gasteiger partial charge in [-0.2, -0.15) is 0 Å². The molecule has 0 aromatic heterocycles. The predicted octanol–water partition coefficient (Wildman–Crippen LogP) is 7.48. The third kappa shape index (κ3) is 9.69. The molecule has 0 aromatic rings. The second-order valence-corrected chi connectivity index (χ2v) is 21.3. The van der Waals surface area contributed by atoms with Crippen molar-refractivity contribution in [1.29, 1.82) is 0 Å². The van der Waals surface area contributed by atoms with Crippen LogP contribution >= 0.6 is 15.9 Å². The average molecular weight is 500 g/mol. The zero-order valence-electron chi connectivity index (χ0n) is 20.1. The molecule has 1 aliphatic rings. The van der Waals surface area contributed by atoms with Gasteiger partial charge in [0.15, 0.2) is 8.32 Å². The molecule has 166 valence electrons. The zero-order valence-corrected chi connectivity index (χ0v) is 23.7. The smallest absolute Gasteiger partial charge is 0.192 e. The van der Waals surface area contributed by atoms with Gasteiger partial charge in [-0.25, -0.2) is 0 Å². The highest BCUT2D eigenvalue weighted by Crippen LogP contribution is 2.39. The summed E-state index contributed by atoms with van der Waals surface area (Å²) >= 11 is 3.83. The van der Waals surface area contributed by atoms with E-state index in [1.807, 2.05) is 6.08 Å². The number of hydrogen-bond acceptors (Lipinski definition) is 2. The van der Waals surface area contributed by atoms with Gasteiger partial charge in [0, 0.05) is 4.83 Å². The Hall–Kier alpha value is -0.126. The molecule has 2 nitrogen and oxygen atoms in total. The molecule has 1 heterocycles. The van der Waals surface area contributed by atoms with E-state index in [4.69, 9.17) is 9.16 Å². The second-order valence-electron chi connectivity index (χ2n) is 10.7. The highest BCUT2D eigenvalue weighted by molar-refractivity contribution is 9.09. The highest BCUT2D eigenvalue weighted by atomic mass is 79.9. The van der Waals surface area contributed by atoms with Crippen molar-refractivity contribution in [3.05, 3.63) is 24.3 Å². The van der Waals surface area contributed by atoms with E-state index in [2.05, 4.69) is 106 Å². The van der Waals surface area contributed by atoms with Crippen LogP contribution in [0, 0.1) is 11.5 Å². The van der Waals surface area contributed by atoms with Gasteiger partial charge in [-0.1, -0.05) is 87.4 Å². The van der Waals surface area contributed by atoms with E-state index in [1.165, 1.54) is 0 Å². The summed E-state index contributed by atoms with van der Waals surface area (Å²) < 4.78 is 13.5. The average Bonchev–Trinajstić information content (AvgIpc) is 2.56. The number of allylic oxidation sites excluding steroid dienone is 1. The Balaban J connectivity index is 3.06. The van der Waals surface area contributed by atoms with Crippen molar-refractivity contribution >= 4 is 32.3 Å².